The Kier molecular flexibility index (Phi) is 4.60. The number of piperidine rings is 1. The Morgan fingerprint density at radius 2 is 2.27 bits per heavy atom. The lowest BCUT2D eigenvalue weighted by Gasteiger charge is -2.22. The first-order chi connectivity index (χ1) is 5.43. The van der Waals surface area contributed by atoms with Crippen LogP contribution in [0.15, 0.2) is 0 Å². The lowest BCUT2D eigenvalue weighted by Crippen LogP contribution is -2.29. The first-order valence-corrected chi connectivity index (χ1v) is 5.14. The predicted octanol–water partition coefficient (Wildman–Crippen LogP) is 2.57. The topological polar surface area (TPSA) is 12.0 Å². The van der Waals surface area contributed by atoms with Crippen LogP contribution in [0.25, 0.3) is 0 Å². The summed E-state index contributed by atoms with van der Waals surface area (Å²) in [5, 5.41) is 3.46. The fourth-order valence-corrected chi connectivity index (χ4v) is 1.85. The standard InChI is InChI=1S/C10H21N/c1-2-3-4-6-10-7-5-8-11-9-10/h10-11H,2-9H2,1H3/t10-/m1/s1. The van der Waals surface area contributed by atoms with Crippen molar-refractivity contribution in [1.29, 1.82) is 0 Å². The summed E-state index contributed by atoms with van der Waals surface area (Å²) in [5.74, 6) is 0.996. The summed E-state index contributed by atoms with van der Waals surface area (Å²) < 4.78 is 0. The largest absolute Gasteiger partial charge is 0.316 e. The van der Waals surface area contributed by atoms with Crippen molar-refractivity contribution in [2.45, 2.75) is 45.4 Å². The zero-order valence-electron chi connectivity index (χ0n) is 7.73. The van der Waals surface area contributed by atoms with Crippen LogP contribution < -0.4 is 5.32 Å². The molecule has 0 spiro atoms. The Balaban J connectivity index is 1.96. The van der Waals surface area contributed by atoms with Gasteiger partial charge in [-0.2, -0.15) is 0 Å². The minimum atomic E-state index is 0.996. The van der Waals surface area contributed by atoms with E-state index in [0.29, 0.717) is 0 Å². The molecule has 1 aliphatic heterocycles. The summed E-state index contributed by atoms with van der Waals surface area (Å²) in [6.07, 6.45) is 8.56. The summed E-state index contributed by atoms with van der Waals surface area (Å²) >= 11 is 0. The van der Waals surface area contributed by atoms with Gasteiger partial charge in [-0.1, -0.05) is 26.2 Å². The molecule has 1 heteroatoms. The van der Waals surface area contributed by atoms with E-state index in [1.807, 2.05) is 0 Å². The molecule has 0 radical (unpaired) electrons. The van der Waals surface area contributed by atoms with E-state index < -0.39 is 0 Å². The van der Waals surface area contributed by atoms with E-state index >= 15 is 0 Å². The highest BCUT2D eigenvalue weighted by Crippen LogP contribution is 2.17. The maximum absolute atomic E-state index is 3.46. The molecule has 11 heavy (non-hydrogen) atoms. The van der Waals surface area contributed by atoms with Gasteiger partial charge in [0.25, 0.3) is 0 Å². The predicted molar refractivity (Wildman–Crippen MR) is 49.7 cm³/mol. The zero-order chi connectivity index (χ0) is 7.94. The van der Waals surface area contributed by atoms with Gasteiger partial charge in [0.15, 0.2) is 0 Å². The number of hydrogen-bond donors (Lipinski definition) is 1. The van der Waals surface area contributed by atoms with Crippen molar-refractivity contribution in [3.8, 4) is 0 Å². The summed E-state index contributed by atoms with van der Waals surface area (Å²) in [6, 6.07) is 0. The quantitative estimate of drug-likeness (QED) is 0.615. The molecule has 1 fully saturated rings. The molecule has 0 aromatic rings. The second-order valence-electron chi connectivity index (χ2n) is 3.71. The molecule has 1 N–H and O–H groups in total. The van der Waals surface area contributed by atoms with E-state index in [2.05, 4.69) is 12.2 Å². The monoisotopic (exact) mass is 155 g/mol. The van der Waals surface area contributed by atoms with Gasteiger partial charge in [-0.15, -0.1) is 0 Å². The Bertz CT molecular complexity index is 84.9. The minimum Gasteiger partial charge on any atom is -0.316 e. The first kappa shape index (κ1) is 9.05. The van der Waals surface area contributed by atoms with Gasteiger partial charge >= 0.3 is 0 Å². The Hall–Kier alpha value is -0.0400. The summed E-state index contributed by atoms with van der Waals surface area (Å²) in [7, 11) is 0. The Labute approximate surface area is 70.6 Å². The molecular formula is C10H21N. The zero-order valence-corrected chi connectivity index (χ0v) is 7.73. The van der Waals surface area contributed by atoms with Crippen LogP contribution in [0.1, 0.15) is 45.4 Å². The van der Waals surface area contributed by atoms with Crippen molar-refractivity contribution < 1.29 is 0 Å². The van der Waals surface area contributed by atoms with Crippen LogP contribution in [0.4, 0.5) is 0 Å². The molecule has 0 saturated carbocycles. The van der Waals surface area contributed by atoms with Crippen LogP contribution >= 0.6 is 0 Å². The third-order valence-corrected chi connectivity index (χ3v) is 2.61. The van der Waals surface area contributed by atoms with Crippen molar-refractivity contribution in [1.82, 2.24) is 5.32 Å². The van der Waals surface area contributed by atoms with Crippen molar-refractivity contribution in [3.63, 3.8) is 0 Å². The summed E-state index contributed by atoms with van der Waals surface area (Å²) in [5.41, 5.74) is 0. The Morgan fingerprint density at radius 1 is 1.36 bits per heavy atom. The van der Waals surface area contributed by atoms with Crippen LogP contribution in [-0.2, 0) is 0 Å². The van der Waals surface area contributed by atoms with Crippen molar-refractivity contribution in [3.05, 3.63) is 0 Å². The number of unbranched alkanes of at least 4 members (excludes halogenated alkanes) is 2. The van der Waals surface area contributed by atoms with E-state index in [9.17, 15) is 0 Å². The van der Waals surface area contributed by atoms with Gasteiger partial charge in [0.2, 0.25) is 0 Å². The van der Waals surface area contributed by atoms with Crippen molar-refractivity contribution >= 4 is 0 Å². The number of hydrogen-bond acceptors (Lipinski definition) is 1. The van der Waals surface area contributed by atoms with Gasteiger partial charge in [-0.3, -0.25) is 0 Å². The van der Waals surface area contributed by atoms with E-state index in [1.165, 1.54) is 51.6 Å². The second-order valence-corrected chi connectivity index (χ2v) is 3.71. The molecule has 0 unspecified atom stereocenters. The van der Waals surface area contributed by atoms with Gasteiger partial charge in [0, 0.05) is 0 Å². The SMILES string of the molecule is CCCCC[C@@H]1CCCNC1. The highest BCUT2D eigenvalue weighted by Gasteiger charge is 2.11. The van der Waals surface area contributed by atoms with Gasteiger partial charge in [-0.05, 0) is 38.3 Å². The molecule has 1 nitrogen and oxygen atoms in total. The molecule has 66 valence electrons. The number of rotatable bonds is 4. The number of nitrogens with one attached hydrogen (secondary N) is 1. The normalized spacial score (nSPS) is 25.4. The Morgan fingerprint density at radius 3 is 2.91 bits per heavy atom. The van der Waals surface area contributed by atoms with Crippen LogP contribution in [0.3, 0.4) is 0 Å². The van der Waals surface area contributed by atoms with E-state index in [1.54, 1.807) is 0 Å². The van der Waals surface area contributed by atoms with Gasteiger partial charge in [0.05, 0.1) is 0 Å². The molecule has 0 aromatic heterocycles. The third-order valence-electron chi connectivity index (χ3n) is 2.61. The highest BCUT2D eigenvalue weighted by atomic mass is 14.9. The average molecular weight is 155 g/mol. The molecule has 1 saturated heterocycles. The molecule has 0 bridgehead atoms. The highest BCUT2D eigenvalue weighted by molar-refractivity contribution is 4.68. The molecule has 1 rings (SSSR count). The maximum Gasteiger partial charge on any atom is -0.00205 e. The molecular weight excluding hydrogens is 134 g/mol. The first-order valence-electron chi connectivity index (χ1n) is 5.14. The average Bonchev–Trinajstić information content (AvgIpc) is 2.07. The smallest absolute Gasteiger partial charge is 0.00205 e. The van der Waals surface area contributed by atoms with Gasteiger partial charge < -0.3 is 5.32 Å². The van der Waals surface area contributed by atoms with Crippen LogP contribution in [-0.4, -0.2) is 13.1 Å². The van der Waals surface area contributed by atoms with Gasteiger partial charge in [-0.25, -0.2) is 0 Å². The molecule has 0 amide bonds. The molecule has 0 aliphatic carbocycles. The fraction of sp³-hybridized carbons (Fsp3) is 1.00. The minimum absolute atomic E-state index is 0.996. The molecule has 0 aromatic carbocycles. The third kappa shape index (κ3) is 3.76. The van der Waals surface area contributed by atoms with E-state index in [4.69, 9.17) is 0 Å². The molecule has 1 heterocycles. The van der Waals surface area contributed by atoms with Crippen molar-refractivity contribution in [2.24, 2.45) is 5.92 Å². The summed E-state index contributed by atoms with van der Waals surface area (Å²) in [6.45, 7) is 4.81. The van der Waals surface area contributed by atoms with Crippen LogP contribution in [0.2, 0.25) is 0 Å². The lowest BCUT2D eigenvalue weighted by molar-refractivity contribution is 0.347. The van der Waals surface area contributed by atoms with Crippen LogP contribution in [0.5, 0.6) is 0 Å². The molecule has 1 atom stereocenters. The lowest BCUT2D eigenvalue weighted by atomic mass is 9.94. The molecule has 1 aliphatic rings. The van der Waals surface area contributed by atoms with Gasteiger partial charge in [0.1, 0.15) is 0 Å². The van der Waals surface area contributed by atoms with E-state index in [-0.39, 0.29) is 0 Å². The van der Waals surface area contributed by atoms with Crippen LogP contribution in [0, 0.1) is 5.92 Å². The van der Waals surface area contributed by atoms with Crippen molar-refractivity contribution in [2.75, 3.05) is 13.1 Å². The maximum atomic E-state index is 3.46. The van der Waals surface area contributed by atoms with E-state index in [0.717, 1.165) is 5.92 Å². The second kappa shape index (κ2) is 5.59. The summed E-state index contributed by atoms with van der Waals surface area (Å²) in [4.78, 5) is 0. The fourth-order valence-electron chi connectivity index (χ4n) is 1.85.